The first-order valence-corrected chi connectivity index (χ1v) is 11.8. The highest BCUT2D eigenvalue weighted by molar-refractivity contribution is 6.30. The molecule has 1 aromatic rings. The highest BCUT2D eigenvalue weighted by Crippen LogP contribution is 2.61. The number of hydrogen-bond acceptors (Lipinski definition) is 4. The second kappa shape index (κ2) is 5.34. The number of allylic oxidation sites excluding steroid dienone is 1. The second-order valence-electron chi connectivity index (χ2n) is 11.5. The highest BCUT2D eigenvalue weighted by atomic mass is 16.5. The summed E-state index contributed by atoms with van der Waals surface area (Å²) < 4.78 is 7.18. The van der Waals surface area contributed by atoms with E-state index in [9.17, 15) is 14.8 Å². The predicted octanol–water partition coefficient (Wildman–Crippen LogP) is 3.14. The smallest absolute Gasteiger partial charge is 0.253 e. The first-order chi connectivity index (χ1) is 15.5. The largest absolute Gasteiger partial charge is 0.618 e. The molecule has 3 atom stereocenters. The van der Waals surface area contributed by atoms with E-state index in [0.717, 1.165) is 27.9 Å². The molecule has 1 aliphatic carbocycles. The normalized spacial score (nSPS) is 35.8. The summed E-state index contributed by atoms with van der Waals surface area (Å²) in [6.07, 6.45) is 7.93. The van der Waals surface area contributed by atoms with E-state index in [1.165, 1.54) is 0 Å². The van der Waals surface area contributed by atoms with Gasteiger partial charge in [-0.25, -0.2) is 0 Å². The third-order valence-corrected chi connectivity index (χ3v) is 8.93. The molecule has 1 N–H and O–H groups in total. The summed E-state index contributed by atoms with van der Waals surface area (Å²) >= 11 is 0. The zero-order valence-electron chi connectivity index (χ0n) is 19.3. The van der Waals surface area contributed by atoms with E-state index in [2.05, 4.69) is 19.2 Å². The molecule has 7 aliphatic rings. The summed E-state index contributed by atoms with van der Waals surface area (Å²) in [5.74, 6) is 0.424. The number of nitrogens with one attached hydrogen (secondary N) is 1. The van der Waals surface area contributed by atoms with Crippen molar-refractivity contribution in [2.24, 2.45) is 11.3 Å². The Balaban J connectivity index is 1.49. The molecule has 8 rings (SSSR count). The first-order valence-electron chi connectivity index (χ1n) is 11.8. The van der Waals surface area contributed by atoms with Crippen LogP contribution in [-0.4, -0.2) is 50.4 Å². The van der Waals surface area contributed by atoms with Gasteiger partial charge in [-0.15, -0.1) is 0 Å². The van der Waals surface area contributed by atoms with Crippen molar-refractivity contribution < 1.29 is 19.1 Å². The van der Waals surface area contributed by atoms with Gasteiger partial charge in [0.05, 0.1) is 22.1 Å². The van der Waals surface area contributed by atoms with Crippen LogP contribution in [0.4, 0.5) is 5.69 Å². The second-order valence-corrected chi connectivity index (χ2v) is 11.5. The molecule has 2 unspecified atom stereocenters. The molecule has 170 valence electrons. The molecule has 0 saturated carbocycles. The number of ether oxygens (including phenoxy) is 1. The van der Waals surface area contributed by atoms with E-state index in [1.54, 1.807) is 0 Å². The van der Waals surface area contributed by atoms with Gasteiger partial charge in [-0.05, 0) is 77.3 Å². The van der Waals surface area contributed by atoms with E-state index < -0.39 is 22.1 Å². The molecule has 2 bridgehead atoms. The van der Waals surface area contributed by atoms with Crippen LogP contribution in [0.3, 0.4) is 0 Å². The minimum Gasteiger partial charge on any atom is -0.618 e. The lowest BCUT2D eigenvalue weighted by Gasteiger charge is -2.62. The van der Waals surface area contributed by atoms with Crippen LogP contribution in [0.15, 0.2) is 24.3 Å². The van der Waals surface area contributed by atoms with E-state index in [4.69, 9.17) is 4.74 Å². The molecule has 4 saturated heterocycles. The van der Waals surface area contributed by atoms with Crippen molar-refractivity contribution in [1.29, 1.82) is 0 Å². The zero-order valence-corrected chi connectivity index (χ0v) is 19.3. The van der Waals surface area contributed by atoms with Crippen LogP contribution in [0.1, 0.15) is 58.1 Å². The summed E-state index contributed by atoms with van der Waals surface area (Å²) in [4.78, 5) is 29.0. The summed E-state index contributed by atoms with van der Waals surface area (Å²) in [5, 5.41) is 17.0. The average molecular weight is 446 g/mol. The number of piperazine rings is 1. The number of fused-ring (bicyclic) bond motifs is 6. The SMILES string of the molecule is CC1(C)C=Cc2c(ccc3c2[N+]([O-])=C2C3=C[C@]34NC(=O)C5(CCCN5C3=O)CC4C2(C)C)O1. The number of piperidine rings is 2. The summed E-state index contributed by atoms with van der Waals surface area (Å²) in [6, 6.07) is 3.82. The minimum absolute atomic E-state index is 0.0238. The highest BCUT2D eigenvalue weighted by Gasteiger charge is 2.74. The Bertz CT molecular complexity index is 1300. The molecule has 0 aromatic heterocycles. The Kier molecular flexibility index (Phi) is 3.14. The monoisotopic (exact) mass is 445 g/mol. The summed E-state index contributed by atoms with van der Waals surface area (Å²) in [7, 11) is 0. The Morgan fingerprint density at radius 2 is 2.00 bits per heavy atom. The molecule has 0 radical (unpaired) electrons. The molecule has 2 amide bonds. The minimum atomic E-state index is -1.11. The van der Waals surface area contributed by atoms with Crippen LogP contribution in [0.5, 0.6) is 5.75 Å². The van der Waals surface area contributed by atoms with Crippen molar-refractivity contribution >= 4 is 34.9 Å². The van der Waals surface area contributed by atoms with Crippen LogP contribution in [0.25, 0.3) is 11.6 Å². The van der Waals surface area contributed by atoms with Crippen molar-refractivity contribution in [2.45, 2.75) is 63.6 Å². The average Bonchev–Trinajstić information content (AvgIpc) is 3.29. The number of nitrogens with zero attached hydrogens (tertiary/aromatic N) is 2. The van der Waals surface area contributed by atoms with Crippen molar-refractivity contribution in [1.82, 2.24) is 10.2 Å². The Labute approximate surface area is 192 Å². The molecule has 1 aromatic carbocycles. The Hall–Kier alpha value is -3.09. The lowest BCUT2D eigenvalue weighted by Crippen LogP contribution is -2.83. The lowest BCUT2D eigenvalue weighted by molar-refractivity contribution is -0.362. The van der Waals surface area contributed by atoms with Crippen LogP contribution >= 0.6 is 0 Å². The number of carbonyl (C=O) groups excluding carboxylic acids is 2. The van der Waals surface area contributed by atoms with Crippen LogP contribution in [-0.2, 0) is 9.59 Å². The molecule has 7 nitrogen and oxygen atoms in total. The predicted molar refractivity (Wildman–Crippen MR) is 123 cm³/mol. The molecule has 6 heterocycles. The number of hydrogen-bond donors (Lipinski definition) is 1. The first kappa shape index (κ1) is 19.4. The van der Waals surface area contributed by atoms with Gasteiger partial charge in [0.1, 0.15) is 22.4 Å². The molecular formula is C26H27N3O4. The molecule has 2 spiro atoms. The third kappa shape index (κ3) is 1.98. The van der Waals surface area contributed by atoms with Crippen LogP contribution in [0, 0.1) is 16.5 Å². The standard InChI is InChI=1S/C26H27N3O4/c1-23(2)10-8-15-17(33-23)7-6-14-16-12-26-18(24(3,4)20(16)29(32)19(14)15)13-25(21(30)27-26)9-5-11-28(25)22(26)31/h6-8,10,12,18H,5,9,11,13H2,1-4H3,(H,27,30)/t18?,25?,26-/m1/s1. The fourth-order valence-electron chi connectivity index (χ4n) is 7.43. The van der Waals surface area contributed by atoms with Gasteiger partial charge < -0.3 is 20.2 Å². The molecule has 4 fully saturated rings. The van der Waals surface area contributed by atoms with Gasteiger partial charge in [0.2, 0.25) is 17.3 Å². The van der Waals surface area contributed by atoms with Crippen LogP contribution in [0.2, 0.25) is 0 Å². The lowest BCUT2D eigenvalue weighted by atomic mass is 9.51. The van der Waals surface area contributed by atoms with E-state index in [1.807, 2.05) is 49.1 Å². The Morgan fingerprint density at radius 1 is 1.21 bits per heavy atom. The van der Waals surface area contributed by atoms with Gasteiger partial charge in [0.25, 0.3) is 5.91 Å². The maximum atomic E-state index is 13.9. The van der Waals surface area contributed by atoms with E-state index in [-0.39, 0.29) is 17.7 Å². The van der Waals surface area contributed by atoms with Gasteiger partial charge in [0.15, 0.2) is 0 Å². The number of amides is 2. The van der Waals surface area contributed by atoms with Crippen molar-refractivity contribution in [3.8, 4) is 5.75 Å². The maximum Gasteiger partial charge on any atom is 0.253 e. The summed E-state index contributed by atoms with van der Waals surface area (Å²) in [5.41, 5.74) is 0.613. The molecule has 6 aliphatic heterocycles. The van der Waals surface area contributed by atoms with Gasteiger partial charge in [-0.3, -0.25) is 9.59 Å². The van der Waals surface area contributed by atoms with E-state index >= 15 is 0 Å². The molecule has 7 heteroatoms. The maximum absolute atomic E-state index is 13.9. The van der Waals surface area contributed by atoms with Crippen LogP contribution < -0.4 is 10.1 Å². The third-order valence-electron chi connectivity index (χ3n) is 8.93. The number of carbonyl (C=O) groups is 2. The zero-order chi connectivity index (χ0) is 23.1. The van der Waals surface area contributed by atoms with Gasteiger partial charge in [0, 0.05) is 12.5 Å². The van der Waals surface area contributed by atoms with Gasteiger partial charge in [-0.1, -0.05) is 0 Å². The van der Waals surface area contributed by atoms with Gasteiger partial charge >= 0.3 is 0 Å². The fraction of sp³-hybridized carbons (Fsp3) is 0.500. The fourth-order valence-corrected chi connectivity index (χ4v) is 7.43. The van der Waals surface area contributed by atoms with E-state index in [0.29, 0.717) is 36.5 Å². The topological polar surface area (TPSA) is 84.7 Å². The number of benzene rings is 1. The van der Waals surface area contributed by atoms with Crippen molar-refractivity contribution in [3.05, 3.63) is 40.6 Å². The molecule has 33 heavy (non-hydrogen) atoms. The number of rotatable bonds is 0. The van der Waals surface area contributed by atoms with Crippen molar-refractivity contribution in [2.75, 3.05) is 6.54 Å². The van der Waals surface area contributed by atoms with Gasteiger partial charge in [-0.2, -0.15) is 4.74 Å². The van der Waals surface area contributed by atoms with Crippen molar-refractivity contribution in [3.63, 3.8) is 0 Å². The summed E-state index contributed by atoms with van der Waals surface area (Å²) in [6.45, 7) is 8.69. The molecular weight excluding hydrogens is 418 g/mol. The Morgan fingerprint density at radius 3 is 2.79 bits per heavy atom. The quantitative estimate of drug-likeness (QED) is 0.491.